The summed E-state index contributed by atoms with van der Waals surface area (Å²) in [6.07, 6.45) is 0.435. The first kappa shape index (κ1) is 8.58. The minimum absolute atomic E-state index is 0.0342. The molecule has 3 N–H and O–H groups in total. The molecule has 66 valence electrons. The molecule has 1 aliphatic rings. The molecule has 0 radical (unpaired) electrons. The highest BCUT2D eigenvalue weighted by Crippen LogP contribution is 2.10. The van der Waals surface area contributed by atoms with Gasteiger partial charge < -0.3 is 15.8 Å². The Kier molecular flexibility index (Phi) is 2.32. The number of esters is 1. The first-order valence-electron chi connectivity index (χ1n) is 3.52. The van der Waals surface area contributed by atoms with E-state index in [1.165, 1.54) is 7.11 Å². The smallest absolute Gasteiger partial charge is 0.336 e. The van der Waals surface area contributed by atoms with Crippen molar-refractivity contribution in [1.29, 1.82) is 0 Å². The highest BCUT2D eigenvalue weighted by molar-refractivity contribution is 6.03. The quantitative estimate of drug-likeness (QED) is 0.489. The molecule has 0 atom stereocenters. The van der Waals surface area contributed by atoms with Crippen LogP contribution >= 0.6 is 0 Å². The molecule has 0 saturated carbocycles. The lowest BCUT2D eigenvalue weighted by atomic mass is 10.1. The predicted molar refractivity (Wildman–Crippen MR) is 40.9 cm³/mol. The fourth-order valence-corrected chi connectivity index (χ4v) is 1.00. The van der Waals surface area contributed by atoms with Gasteiger partial charge in [0.1, 0.15) is 5.70 Å². The number of hydrogen-bond donors (Lipinski definition) is 2. The van der Waals surface area contributed by atoms with E-state index in [0.29, 0.717) is 13.0 Å². The second kappa shape index (κ2) is 3.25. The zero-order valence-electron chi connectivity index (χ0n) is 6.72. The van der Waals surface area contributed by atoms with Crippen LogP contribution in [-0.2, 0) is 14.3 Å². The van der Waals surface area contributed by atoms with Crippen molar-refractivity contribution in [3.8, 4) is 0 Å². The maximum atomic E-state index is 11.0. The lowest BCUT2D eigenvalue weighted by Gasteiger charge is -2.15. The summed E-state index contributed by atoms with van der Waals surface area (Å²) >= 11 is 0. The molecule has 1 amide bonds. The second-order valence-corrected chi connectivity index (χ2v) is 2.39. The van der Waals surface area contributed by atoms with Crippen LogP contribution in [0.3, 0.4) is 0 Å². The van der Waals surface area contributed by atoms with Gasteiger partial charge >= 0.3 is 5.97 Å². The van der Waals surface area contributed by atoms with Gasteiger partial charge in [0.2, 0.25) is 0 Å². The van der Waals surface area contributed by atoms with Gasteiger partial charge in [-0.1, -0.05) is 0 Å². The lowest BCUT2D eigenvalue weighted by Crippen LogP contribution is -2.37. The third-order valence-electron chi connectivity index (χ3n) is 1.66. The summed E-state index contributed by atoms with van der Waals surface area (Å²) in [5.41, 5.74) is 5.60. The van der Waals surface area contributed by atoms with Crippen molar-refractivity contribution in [3.05, 3.63) is 11.3 Å². The molecule has 1 rings (SSSR count). The summed E-state index contributed by atoms with van der Waals surface area (Å²) in [7, 11) is 1.26. The molecular formula is C7H10N2O3. The number of rotatable bonds is 1. The van der Waals surface area contributed by atoms with Crippen molar-refractivity contribution in [2.75, 3.05) is 13.7 Å². The standard InChI is InChI=1S/C7H10N2O3/c1-12-7(11)4-2-3-9-6(10)5(4)8/h2-3,8H2,1H3,(H,9,10). The SMILES string of the molecule is COC(=O)C1=C(N)C(=O)NCC1. The van der Waals surface area contributed by atoms with Crippen molar-refractivity contribution < 1.29 is 14.3 Å². The maximum Gasteiger partial charge on any atom is 0.336 e. The molecule has 0 aromatic rings. The van der Waals surface area contributed by atoms with E-state index < -0.39 is 11.9 Å². The van der Waals surface area contributed by atoms with Crippen LogP contribution in [0.5, 0.6) is 0 Å². The van der Waals surface area contributed by atoms with Crippen LogP contribution in [0.25, 0.3) is 0 Å². The van der Waals surface area contributed by atoms with Crippen LogP contribution in [0.1, 0.15) is 6.42 Å². The molecule has 1 aliphatic heterocycles. The Balaban J connectivity index is 2.92. The maximum absolute atomic E-state index is 11.0. The summed E-state index contributed by atoms with van der Waals surface area (Å²) in [6, 6.07) is 0. The first-order chi connectivity index (χ1) is 5.66. The minimum Gasteiger partial charge on any atom is -0.466 e. The zero-order chi connectivity index (χ0) is 9.14. The van der Waals surface area contributed by atoms with Gasteiger partial charge in [0, 0.05) is 6.54 Å². The normalized spacial score (nSPS) is 17.2. The van der Waals surface area contributed by atoms with Gasteiger partial charge in [-0.3, -0.25) is 4.79 Å². The monoisotopic (exact) mass is 170 g/mol. The van der Waals surface area contributed by atoms with Gasteiger partial charge in [-0.25, -0.2) is 4.79 Å². The predicted octanol–water partition coefficient (Wildman–Crippen LogP) is -1.11. The summed E-state index contributed by atoms with van der Waals surface area (Å²) in [4.78, 5) is 21.9. The van der Waals surface area contributed by atoms with Gasteiger partial charge in [-0.05, 0) is 6.42 Å². The Morgan fingerprint density at radius 3 is 2.92 bits per heavy atom. The lowest BCUT2D eigenvalue weighted by molar-refractivity contribution is -0.137. The van der Waals surface area contributed by atoms with E-state index in [4.69, 9.17) is 5.73 Å². The van der Waals surface area contributed by atoms with Crippen LogP contribution in [0.4, 0.5) is 0 Å². The molecule has 12 heavy (non-hydrogen) atoms. The Morgan fingerprint density at radius 1 is 1.67 bits per heavy atom. The van der Waals surface area contributed by atoms with E-state index >= 15 is 0 Å². The van der Waals surface area contributed by atoms with Gasteiger partial charge in [-0.15, -0.1) is 0 Å². The van der Waals surface area contributed by atoms with E-state index in [2.05, 4.69) is 10.1 Å². The van der Waals surface area contributed by atoms with Gasteiger partial charge in [-0.2, -0.15) is 0 Å². The van der Waals surface area contributed by atoms with E-state index in [0.717, 1.165) is 0 Å². The van der Waals surface area contributed by atoms with Crippen LogP contribution in [0.2, 0.25) is 0 Å². The van der Waals surface area contributed by atoms with Crippen LogP contribution in [-0.4, -0.2) is 25.5 Å². The number of hydrogen-bond acceptors (Lipinski definition) is 4. The fourth-order valence-electron chi connectivity index (χ4n) is 1.00. The van der Waals surface area contributed by atoms with Crippen molar-refractivity contribution >= 4 is 11.9 Å². The largest absolute Gasteiger partial charge is 0.466 e. The highest BCUT2D eigenvalue weighted by Gasteiger charge is 2.22. The minimum atomic E-state index is -0.526. The average Bonchev–Trinajstić information content (AvgIpc) is 2.08. The Labute approximate surface area is 69.6 Å². The number of carbonyl (C=O) groups excluding carboxylic acids is 2. The third-order valence-corrected chi connectivity index (χ3v) is 1.66. The van der Waals surface area contributed by atoms with Crippen molar-refractivity contribution in [1.82, 2.24) is 5.32 Å². The molecule has 0 aromatic heterocycles. The van der Waals surface area contributed by atoms with Crippen molar-refractivity contribution in [2.45, 2.75) is 6.42 Å². The molecule has 0 saturated heterocycles. The highest BCUT2D eigenvalue weighted by atomic mass is 16.5. The summed E-state index contributed by atoms with van der Waals surface area (Å²) in [5, 5.41) is 2.51. The molecular weight excluding hydrogens is 160 g/mol. The summed E-state index contributed by atoms with van der Waals surface area (Å²) in [6.45, 7) is 0.434. The molecule has 0 aromatic carbocycles. The second-order valence-electron chi connectivity index (χ2n) is 2.39. The van der Waals surface area contributed by atoms with Crippen LogP contribution < -0.4 is 11.1 Å². The fraction of sp³-hybridized carbons (Fsp3) is 0.429. The Bertz CT molecular complexity index is 257. The molecule has 5 nitrogen and oxygen atoms in total. The van der Waals surface area contributed by atoms with Crippen LogP contribution in [0, 0.1) is 0 Å². The number of amides is 1. The van der Waals surface area contributed by atoms with Crippen molar-refractivity contribution in [2.24, 2.45) is 5.73 Å². The summed E-state index contributed by atoms with van der Waals surface area (Å²) in [5.74, 6) is -0.927. The third kappa shape index (κ3) is 1.39. The molecule has 0 fully saturated rings. The van der Waals surface area contributed by atoms with E-state index in [-0.39, 0.29) is 11.3 Å². The van der Waals surface area contributed by atoms with Crippen LogP contribution in [0.15, 0.2) is 11.3 Å². The van der Waals surface area contributed by atoms with Crippen molar-refractivity contribution in [3.63, 3.8) is 0 Å². The number of nitrogens with two attached hydrogens (primary N) is 1. The molecule has 1 heterocycles. The molecule has 0 unspecified atom stereocenters. The van der Waals surface area contributed by atoms with Gasteiger partial charge in [0.05, 0.1) is 12.7 Å². The molecule has 0 spiro atoms. The zero-order valence-corrected chi connectivity index (χ0v) is 6.72. The number of ether oxygens (including phenoxy) is 1. The Morgan fingerprint density at radius 2 is 2.33 bits per heavy atom. The van der Waals surface area contributed by atoms with Gasteiger partial charge in [0.15, 0.2) is 0 Å². The van der Waals surface area contributed by atoms with E-state index in [1.54, 1.807) is 0 Å². The molecule has 0 bridgehead atoms. The summed E-state index contributed by atoms with van der Waals surface area (Å²) < 4.78 is 4.45. The average molecular weight is 170 g/mol. The van der Waals surface area contributed by atoms with Gasteiger partial charge in [0.25, 0.3) is 5.91 Å². The number of nitrogens with one attached hydrogen (secondary N) is 1. The first-order valence-corrected chi connectivity index (χ1v) is 3.52. The number of methoxy groups -OCH3 is 1. The topological polar surface area (TPSA) is 81.4 Å². The number of carbonyl (C=O) groups is 2. The van der Waals surface area contributed by atoms with E-state index in [1.807, 2.05) is 0 Å². The van der Waals surface area contributed by atoms with E-state index in [9.17, 15) is 9.59 Å². The Hall–Kier alpha value is -1.52. The molecule has 5 heteroatoms. The molecule has 0 aliphatic carbocycles.